The summed E-state index contributed by atoms with van der Waals surface area (Å²) in [5.41, 5.74) is 6.01. The summed E-state index contributed by atoms with van der Waals surface area (Å²) >= 11 is 1.53. The van der Waals surface area contributed by atoms with Gasteiger partial charge in [0.15, 0.2) is 0 Å². The van der Waals surface area contributed by atoms with E-state index < -0.39 is 0 Å². The molecule has 1 aromatic heterocycles. The van der Waals surface area contributed by atoms with E-state index in [-0.39, 0.29) is 17.0 Å². The first-order valence-corrected chi connectivity index (χ1v) is 7.67. The van der Waals surface area contributed by atoms with Crippen molar-refractivity contribution in [2.75, 3.05) is 12.5 Å². The average molecular weight is 389 g/mol. The van der Waals surface area contributed by atoms with E-state index in [0.717, 1.165) is 27.7 Å². The van der Waals surface area contributed by atoms with E-state index in [2.05, 4.69) is 15.5 Å². The zero-order valence-corrected chi connectivity index (χ0v) is 14.8. The Morgan fingerprint density at radius 1 is 1.09 bits per heavy atom. The minimum atomic E-state index is 0. The fourth-order valence-electron chi connectivity index (χ4n) is 1.92. The van der Waals surface area contributed by atoms with Gasteiger partial charge in [0.25, 0.3) is 0 Å². The van der Waals surface area contributed by atoms with Gasteiger partial charge >= 0.3 is 0 Å². The highest BCUT2D eigenvalue weighted by Gasteiger charge is 2.02. The standard InChI is InChI=1S/C17H15N3OS.BrH/c1-21-15-9-7-13(8-10-15)11-18-20-17-19-16(12-22-17)14-5-3-2-4-6-14;/h2-12H,1H3,(H,19,20);1H/p-1/b18-11+;. The molecule has 6 heteroatoms. The number of ether oxygens (including phenoxy) is 1. The maximum Gasteiger partial charge on any atom is 0.203 e. The number of nitrogens with zero attached hydrogens (tertiary/aromatic N) is 2. The van der Waals surface area contributed by atoms with Crippen molar-refractivity contribution in [3.63, 3.8) is 0 Å². The van der Waals surface area contributed by atoms with Crippen LogP contribution in [0.1, 0.15) is 5.56 Å². The van der Waals surface area contributed by atoms with E-state index in [1.54, 1.807) is 13.3 Å². The van der Waals surface area contributed by atoms with Crippen molar-refractivity contribution in [2.24, 2.45) is 5.10 Å². The molecule has 1 N–H and O–H groups in total. The number of hydrogen-bond donors (Lipinski definition) is 1. The van der Waals surface area contributed by atoms with Crippen LogP contribution in [0.5, 0.6) is 5.75 Å². The van der Waals surface area contributed by atoms with Crippen LogP contribution in [0.4, 0.5) is 5.13 Å². The summed E-state index contributed by atoms with van der Waals surface area (Å²) in [6.07, 6.45) is 1.75. The van der Waals surface area contributed by atoms with Gasteiger partial charge in [0.1, 0.15) is 5.75 Å². The van der Waals surface area contributed by atoms with Crippen molar-refractivity contribution >= 4 is 22.7 Å². The van der Waals surface area contributed by atoms with E-state index in [4.69, 9.17) is 4.74 Å². The molecule has 0 spiro atoms. The second kappa shape index (κ2) is 8.45. The third kappa shape index (κ3) is 4.64. The summed E-state index contributed by atoms with van der Waals surface area (Å²) in [5, 5.41) is 6.99. The maximum atomic E-state index is 5.12. The number of thiazole rings is 1. The van der Waals surface area contributed by atoms with E-state index >= 15 is 0 Å². The third-order valence-electron chi connectivity index (χ3n) is 3.06. The molecule has 0 saturated carbocycles. The van der Waals surface area contributed by atoms with Crippen LogP contribution in [0.2, 0.25) is 0 Å². The highest BCUT2D eigenvalue weighted by molar-refractivity contribution is 7.14. The van der Waals surface area contributed by atoms with Crippen LogP contribution < -0.4 is 27.1 Å². The zero-order valence-electron chi connectivity index (χ0n) is 12.4. The number of hydrogen-bond acceptors (Lipinski definition) is 5. The van der Waals surface area contributed by atoms with Gasteiger partial charge < -0.3 is 21.7 Å². The van der Waals surface area contributed by atoms with Crippen LogP contribution in [-0.2, 0) is 0 Å². The molecule has 0 amide bonds. The molecule has 118 valence electrons. The third-order valence-corrected chi connectivity index (χ3v) is 3.81. The summed E-state index contributed by atoms with van der Waals surface area (Å²) in [7, 11) is 1.65. The van der Waals surface area contributed by atoms with Gasteiger partial charge in [-0.05, 0) is 29.8 Å². The highest BCUT2D eigenvalue weighted by atomic mass is 79.9. The molecule has 0 aliphatic rings. The molecule has 4 nitrogen and oxygen atoms in total. The van der Waals surface area contributed by atoms with Gasteiger partial charge in [-0.3, -0.25) is 5.43 Å². The molecule has 0 radical (unpaired) electrons. The lowest BCUT2D eigenvalue weighted by atomic mass is 10.2. The van der Waals surface area contributed by atoms with Crippen molar-refractivity contribution in [2.45, 2.75) is 0 Å². The summed E-state index contributed by atoms with van der Waals surface area (Å²) in [5.74, 6) is 0.831. The molecule has 23 heavy (non-hydrogen) atoms. The topological polar surface area (TPSA) is 46.5 Å². The zero-order chi connectivity index (χ0) is 15.2. The molecule has 0 saturated heterocycles. The molecule has 3 aromatic rings. The summed E-state index contributed by atoms with van der Waals surface area (Å²) in [6.45, 7) is 0. The van der Waals surface area contributed by atoms with Gasteiger partial charge in [0, 0.05) is 10.9 Å². The van der Waals surface area contributed by atoms with Gasteiger partial charge in [-0.15, -0.1) is 11.3 Å². The molecule has 2 aromatic carbocycles. The van der Waals surface area contributed by atoms with Crippen LogP contribution >= 0.6 is 11.3 Å². The number of aromatic nitrogens is 1. The maximum absolute atomic E-state index is 5.12. The fraction of sp³-hybridized carbons (Fsp3) is 0.0588. The minimum absolute atomic E-state index is 0. The monoisotopic (exact) mass is 388 g/mol. The first-order chi connectivity index (χ1) is 10.8. The smallest absolute Gasteiger partial charge is 0.203 e. The molecule has 1 heterocycles. The van der Waals surface area contributed by atoms with E-state index in [9.17, 15) is 0 Å². The Balaban J connectivity index is 0.00000192. The van der Waals surface area contributed by atoms with Gasteiger partial charge in [-0.2, -0.15) is 5.10 Å². The quantitative estimate of drug-likeness (QED) is 0.528. The predicted octanol–water partition coefficient (Wildman–Crippen LogP) is 1.27. The number of nitrogens with one attached hydrogen (secondary N) is 1. The molecule has 0 unspecified atom stereocenters. The van der Waals surface area contributed by atoms with Crippen LogP contribution in [-0.4, -0.2) is 18.3 Å². The molecule has 0 bridgehead atoms. The van der Waals surface area contributed by atoms with Gasteiger partial charge in [0.05, 0.1) is 19.0 Å². The van der Waals surface area contributed by atoms with Crippen molar-refractivity contribution in [3.8, 4) is 17.0 Å². The molecule has 0 fully saturated rings. The lowest BCUT2D eigenvalue weighted by Gasteiger charge is -1.99. The van der Waals surface area contributed by atoms with E-state index in [0.29, 0.717) is 0 Å². The molecule has 0 aliphatic carbocycles. The predicted molar refractivity (Wildman–Crippen MR) is 91.8 cm³/mol. The number of benzene rings is 2. The van der Waals surface area contributed by atoms with Crippen molar-refractivity contribution in [1.82, 2.24) is 4.98 Å². The first kappa shape index (κ1) is 17.2. The lowest BCUT2D eigenvalue weighted by molar-refractivity contribution is -0.00000463. The van der Waals surface area contributed by atoms with Crippen molar-refractivity contribution in [1.29, 1.82) is 0 Å². The molecular weight excluding hydrogens is 374 g/mol. The number of anilines is 1. The molecular formula is C17H15BrN3OS-. The number of hydrazone groups is 1. The summed E-state index contributed by atoms with van der Waals surface area (Å²) in [4.78, 5) is 4.51. The Hall–Kier alpha value is -2.18. The number of methoxy groups -OCH3 is 1. The van der Waals surface area contributed by atoms with E-state index in [1.165, 1.54) is 11.3 Å². The fourth-order valence-corrected chi connectivity index (χ4v) is 2.59. The lowest BCUT2D eigenvalue weighted by Crippen LogP contribution is -3.00. The normalized spacial score (nSPS) is 10.3. The Kier molecular flexibility index (Phi) is 6.31. The van der Waals surface area contributed by atoms with Gasteiger partial charge in [0.2, 0.25) is 5.13 Å². The molecule has 3 rings (SSSR count). The summed E-state index contributed by atoms with van der Waals surface area (Å²) in [6, 6.07) is 17.8. The second-order valence-corrected chi connectivity index (χ2v) is 5.41. The number of rotatable bonds is 5. The molecule has 0 aliphatic heterocycles. The van der Waals surface area contributed by atoms with Crippen molar-refractivity contribution < 1.29 is 21.7 Å². The average Bonchev–Trinajstić information content (AvgIpc) is 3.05. The first-order valence-electron chi connectivity index (χ1n) is 6.79. The van der Waals surface area contributed by atoms with Crippen molar-refractivity contribution in [3.05, 3.63) is 65.5 Å². The van der Waals surface area contributed by atoms with Gasteiger partial charge in [-0.25, -0.2) is 4.98 Å². The SMILES string of the molecule is COc1ccc(/C=N/Nc2nc(-c3ccccc3)cs2)cc1.[Br-]. The van der Waals surface area contributed by atoms with Gasteiger partial charge in [-0.1, -0.05) is 30.3 Å². The van der Waals surface area contributed by atoms with Crippen LogP contribution in [0.15, 0.2) is 65.1 Å². The number of halogens is 1. The summed E-state index contributed by atoms with van der Waals surface area (Å²) < 4.78 is 5.12. The Bertz CT molecular complexity index is 757. The van der Waals surface area contributed by atoms with Crippen LogP contribution in [0.3, 0.4) is 0 Å². The Morgan fingerprint density at radius 3 is 2.52 bits per heavy atom. The largest absolute Gasteiger partial charge is 1.00 e. The Labute approximate surface area is 149 Å². The van der Waals surface area contributed by atoms with Crippen LogP contribution in [0, 0.1) is 0 Å². The second-order valence-electron chi connectivity index (χ2n) is 4.55. The molecule has 0 atom stereocenters. The minimum Gasteiger partial charge on any atom is -1.00 e. The van der Waals surface area contributed by atoms with E-state index in [1.807, 2.05) is 60.0 Å². The Morgan fingerprint density at radius 2 is 1.83 bits per heavy atom. The van der Waals surface area contributed by atoms with Crippen LogP contribution in [0.25, 0.3) is 11.3 Å². The highest BCUT2D eigenvalue weighted by Crippen LogP contribution is 2.24.